The van der Waals surface area contributed by atoms with Gasteiger partial charge < -0.3 is 39.8 Å². The van der Waals surface area contributed by atoms with Gasteiger partial charge in [0.2, 0.25) is 18.4 Å². The van der Waals surface area contributed by atoms with E-state index in [1.807, 2.05) is 17.0 Å². The molecule has 12 nitrogen and oxygen atoms in total. The molecule has 0 aliphatic carbocycles. The third-order valence-electron chi connectivity index (χ3n) is 8.23. The third-order valence-corrected chi connectivity index (χ3v) is 8.23. The van der Waals surface area contributed by atoms with Crippen molar-refractivity contribution in [3.8, 4) is 17.2 Å². The number of likely N-dealkylation sites (tertiary alicyclic amines) is 1. The van der Waals surface area contributed by atoms with Gasteiger partial charge in [0.1, 0.15) is 0 Å². The molecule has 3 N–H and O–H groups in total. The van der Waals surface area contributed by atoms with Crippen LogP contribution in [0.25, 0.3) is 0 Å². The van der Waals surface area contributed by atoms with Crippen LogP contribution in [0, 0.1) is 5.92 Å². The van der Waals surface area contributed by atoms with E-state index in [1.165, 1.54) is 7.11 Å². The molecule has 3 heterocycles. The number of ether oxygens (including phenoxy) is 3. The average Bonchev–Trinajstić information content (AvgIpc) is 3.56. The number of urea groups is 1. The SMILES string of the molecule is CCCCN(CCN)C(=O)CN1C[C@H](c2cc(OC)c3c(c2)OCO3)[C@@H](C(=O)O)[C@@H]1CCN1CCCN(C)C1=O. The Hall–Kier alpha value is -3.25. The number of hydrogen-bond donors (Lipinski definition) is 2. The maximum atomic E-state index is 13.5. The lowest BCUT2D eigenvalue weighted by atomic mass is 9.84. The van der Waals surface area contributed by atoms with Gasteiger partial charge in [-0.2, -0.15) is 0 Å². The highest BCUT2D eigenvalue weighted by Crippen LogP contribution is 2.47. The standard InChI is InChI=1S/C28H43N5O7/c1-4-5-10-31(13-8-29)24(34)17-33-16-20(19-14-22(38-3)26-23(15-19)39-18-40-26)25(27(35)36)21(33)7-12-32-11-6-9-30(2)28(32)37/h14-15,20-21,25H,4-13,16-18,29H2,1-3H3,(H,35,36)/t20-,21+,25-/m1/s1. The Morgan fingerprint density at radius 2 is 2.02 bits per heavy atom. The number of carboxylic acids is 1. The molecule has 2 saturated heterocycles. The Morgan fingerprint density at radius 1 is 1.23 bits per heavy atom. The van der Waals surface area contributed by atoms with Crippen LogP contribution in [0.15, 0.2) is 12.1 Å². The molecule has 2 fully saturated rings. The van der Waals surface area contributed by atoms with E-state index < -0.39 is 23.8 Å². The molecular formula is C28H43N5O7. The summed E-state index contributed by atoms with van der Waals surface area (Å²) in [5.41, 5.74) is 6.56. The van der Waals surface area contributed by atoms with Gasteiger partial charge in [0, 0.05) is 64.8 Å². The number of nitrogens with two attached hydrogens (primary N) is 1. The van der Waals surface area contributed by atoms with E-state index >= 15 is 0 Å². The molecule has 3 aliphatic heterocycles. The summed E-state index contributed by atoms with van der Waals surface area (Å²) in [7, 11) is 3.31. The largest absolute Gasteiger partial charge is 0.493 e. The first-order chi connectivity index (χ1) is 19.3. The highest BCUT2D eigenvalue weighted by Gasteiger charge is 2.48. The molecular weight excluding hydrogens is 518 g/mol. The van der Waals surface area contributed by atoms with Gasteiger partial charge in [-0.05, 0) is 37.0 Å². The number of nitrogens with zero attached hydrogens (tertiary/aromatic N) is 4. The van der Waals surface area contributed by atoms with Crippen LogP contribution in [0.4, 0.5) is 4.79 Å². The minimum Gasteiger partial charge on any atom is -0.493 e. The fourth-order valence-electron chi connectivity index (χ4n) is 6.12. The molecule has 3 amide bonds. The summed E-state index contributed by atoms with van der Waals surface area (Å²) in [6, 6.07) is 3.12. The first-order valence-electron chi connectivity index (χ1n) is 14.2. The normalized spacial score (nSPS) is 22.6. The number of hydrogen-bond acceptors (Lipinski definition) is 8. The lowest BCUT2D eigenvalue weighted by molar-refractivity contribution is -0.143. The first-order valence-corrected chi connectivity index (χ1v) is 14.2. The fourth-order valence-corrected chi connectivity index (χ4v) is 6.12. The molecule has 222 valence electrons. The van der Waals surface area contributed by atoms with Gasteiger partial charge in [0.05, 0.1) is 19.6 Å². The van der Waals surface area contributed by atoms with Crippen LogP contribution in [0.1, 0.15) is 44.1 Å². The van der Waals surface area contributed by atoms with E-state index in [2.05, 4.69) is 6.92 Å². The molecule has 40 heavy (non-hydrogen) atoms. The maximum Gasteiger partial charge on any atom is 0.319 e. The number of fused-ring (bicyclic) bond motifs is 1. The second-order valence-corrected chi connectivity index (χ2v) is 10.8. The monoisotopic (exact) mass is 561 g/mol. The van der Waals surface area contributed by atoms with E-state index in [1.54, 1.807) is 21.7 Å². The van der Waals surface area contributed by atoms with Gasteiger partial charge >= 0.3 is 12.0 Å². The Balaban J connectivity index is 1.63. The van der Waals surface area contributed by atoms with Crippen molar-refractivity contribution in [3.63, 3.8) is 0 Å². The average molecular weight is 562 g/mol. The zero-order valence-corrected chi connectivity index (χ0v) is 23.8. The van der Waals surface area contributed by atoms with Crippen LogP contribution in [-0.4, -0.2) is 122 Å². The Bertz CT molecular complexity index is 1070. The van der Waals surface area contributed by atoms with Crippen molar-refractivity contribution in [2.24, 2.45) is 11.7 Å². The zero-order chi connectivity index (χ0) is 28.8. The molecule has 3 atom stereocenters. The molecule has 0 bridgehead atoms. The van der Waals surface area contributed by atoms with Crippen LogP contribution >= 0.6 is 0 Å². The van der Waals surface area contributed by atoms with E-state index in [0.29, 0.717) is 69.5 Å². The number of methoxy groups -OCH3 is 1. The van der Waals surface area contributed by atoms with Crippen molar-refractivity contribution in [1.82, 2.24) is 19.6 Å². The minimum absolute atomic E-state index is 0.0514. The number of carbonyl (C=O) groups excluding carboxylic acids is 2. The van der Waals surface area contributed by atoms with Crippen LogP contribution in [0.2, 0.25) is 0 Å². The van der Waals surface area contributed by atoms with Crippen molar-refractivity contribution in [2.75, 3.05) is 73.3 Å². The molecule has 1 aromatic carbocycles. The molecule has 0 spiro atoms. The summed E-state index contributed by atoms with van der Waals surface area (Å²) >= 11 is 0. The van der Waals surface area contributed by atoms with Crippen molar-refractivity contribution >= 4 is 17.9 Å². The lowest BCUT2D eigenvalue weighted by Crippen LogP contribution is -2.50. The van der Waals surface area contributed by atoms with Gasteiger partial charge in [-0.1, -0.05) is 13.3 Å². The molecule has 12 heteroatoms. The Kier molecular flexibility index (Phi) is 9.96. The van der Waals surface area contributed by atoms with Gasteiger partial charge in [-0.15, -0.1) is 0 Å². The van der Waals surface area contributed by atoms with E-state index in [-0.39, 0.29) is 25.3 Å². The summed E-state index contributed by atoms with van der Waals surface area (Å²) in [4.78, 5) is 46.3. The number of carboxylic acid groups (broad SMARTS) is 1. The second-order valence-electron chi connectivity index (χ2n) is 10.8. The van der Waals surface area contributed by atoms with Gasteiger partial charge in [-0.3, -0.25) is 14.5 Å². The summed E-state index contributed by atoms with van der Waals surface area (Å²) < 4.78 is 16.7. The summed E-state index contributed by atoms with van der Waals surface area (Å²) in [6.07, 6.45) is 3.13. The smallest absolute Gasteiger partial charge is 0.319 e. The third kappa shape index (κ3) is 6.38. The van der Waals surface area contributed by atoms with Gasteiger partial charge in [-0.25, -0.2) is 4.79 Å². The predicted molar refractivity (Wildman–Crippen MR) is 148 cm³/mol. The Labute approximate surface area is 235 Å². The van der Waals surface area contributed by atoms with E-state index in [9.17, 15) is 19.5 Å². The number of aliphatic carboxylic acids is 1. The predicted octanol–water partition coefficient (Wildman–Crippen LogP) is 1.63. The van der Waals surface area contributed by atoms with Gasteiger partial charge in [0.25, 0.3) is 0 Å². The Morgan fingerprint density at radius 3 is 2.73 bits per heavy atom. The molecule has 1 aromatic rings. The number of amides is 3. The minimum atomic E-state index is -0.937. The van der Waals surface area contributed by atoms with E-state index in [4.69, 9.17) is 19.9 Å². The van der Waals surface area contributed by atoms with Crippen molar-refractivity contribution < 1.29 is 33.7 Å². The highest BCUT2D eigenvalue weighted by atomic mass is 16.7. The summed E-state index contributed by atoms with van der Waals surface area (Å²) in [5.74, 6) is -0.720. The maximum absolute atomic E-state index is 13.5. The van der Waals surface area contributed by atoms with Gasteiger partial charge in [0.15, 0.2) is 11.5 Å². The number of rotatable bonds is 13. The van der Waals surface area contributed by atoms with Crippen molar-refractivity contribution in [2.45, 2.75) is 44.6 Å². The summed E-state index contributed by atoms with van der Waals surface area (Å²) in [6.45, 7) is 5.79. The number of benzene rings is 1. The molecule has 0 unspecified atom stereocenters. The number of carbonyl (C=O) groups is 3. The second kappa shape index (κ2) is 13.4. The molecule has 0 aromatic heterocycles. The summed E-state index contributed by atoms with van der Waals surface area (Å²) in [5, 5.41) is 10.5. The van der Waals surface area contributed by atoms with Crippen LogP contribution in [0.5, 0.6) is 17.2 Å². The highest BCUT2D eigenvalue weighted by molar-refractivity contribution is 5.79. The fraction of sp³-hybridized carbons (Fsp3) is 0.679. The van der Waals surface area contributed by atoms with Crippen LogP contribution in [-0.2, 0) is 9.59 Å². The lowest BCUT2D eigenvalue weighted by Gasteiger charge is -2.35. The molecule has 3 aliphatic rings. The molecule has 0 saturated carbocycles. The quantitative estimate of drug-likeness (QED) is 0.368. The first kappa shape index (κ1) is 29.7. The van der Waals surface area contributed by atoms with Crippen LogP contribution in [0.3, 0.4) is 0 Å². The van der Waals surface area contributed by atoms with Crippen molar-refractivity contribution in [1.29, 1.82) is 0 Å². The van der Waals surface area contributed by atoms with Crippen molar-refractivity contribution in [3.05, 3.63) is 17.7 Å². The van der Waals surface area contributed by atoms with Crippen LogP contribution < -0.4 is 19.9 Å². The molecule has 0 radical (unpaired) electrons. The topological polar surface area (TPSA) is 138 Å². The molecule has 4 rings (SSSR count). The zero-order valence-electron chi connectivity index (χ0n) is 23.8. The number of unbranched alkanes of at least 4 members (excludes halogenated alkanes) is 1. The van der Waals surface area contributed by atoms with E-state index in [0.717, 1.165) is 24.8 Å².